The molecule has 0 N–H and O–H groups in total. The molecule has 6 atom stereocenters. The Labute approximate surface area is 135 Å². The number of hydrogen-bond donors (Lipinski definition) is 0. The summed E-state index contributed by atoms with van der Waals surface area (Å²) < 4.78 is 0. The molecule has 120 valence electrons. The lowest BCUT2D eigenvalue weighted by atomic mass is 9.50. The molecule has 22 heavy (non-hydrogen) atoms. The highest BCUT2D eigenvalue weighted by molar-refractivity contribution is 5.79. The van der Waals surface area contributed by atoms with Gasteiger partial charge in [0, 0.05) is 12.8 Å². The van der Waals surface area contributed by atoms with Crippen LogP contribution in [0.15, 0.2) is 24.3 Å². The summed E-state index contributed by atoms with van der Waals surface area (Å²) in [5, 5.41) is 0. The number of fused-ring (bicyclic) bond motifs is 5. The van der Waals surface area contributed by atoms with Gasteiger partial charge in [-0.25, -0.2) is 0 Å². The molecule has 0 bridgehead atoms. The van der Waals surface area contributed by atoms with Crippen molar-refractivity contribution < 1.29 is 4.79 Å². The van der Waals surface area contributed by atoms with Crippen LogP contribution in [0.3, 0.4) is 0 Å². The van der Waals surface area contributed by atoms with Gasteiger partial charge in [-0.05, 0) is 80.0 Å². The van der Waals surface area contributed by atoms with Crippen LogP contribution in [0.1, 0.15) is 64.7 Å². The van der Waals surface area contributed by atoms with Crippen molar-refractivity contribution in [3.63, 3.8) is 0 Å². The molecule has 4 aliphatic carbocycles. The Balaban J connectivity index is 1.59. The van der Waals surface area contributed by atoms with E-state index >= 15 is 0 Å². The number of carbonyl (C=O) groups is 1. The van der Waals surface area contributed by atoms with Crippen LogP contribution in [-0.2, 0) is 4.79 Å². The molecule has 0 heterocycles. The maximum atomic E-state index is 11.8. The maximum absolute atomic E-state index is 11.8. The van der Waals surface area contributed by atoms with E-state index in [-0.39, 0.29) is 0 Å². The minimum absolute atomic E-state index is 0.451. The smallest absolute Gasteiger partial charge is 0.133 e. The van der Waals surface area contributed by atoms with Gasteiger partial charge in [-0.3, -0.25) is 4.79 Å². The lowest BCUT2D eigenvalue weighted by Crippen LogP contribution is -2.47. The van der Waals surface area contributed by atoms with Crippen LogP contribution in [-0.4, -0.2) is 5.78 Å². The second kappa shape index (κ2) is 5.35. The van der Waals surface area contributed by atoms with Crippen molar-refractivity contribution in [3.05, 3.63) is 24.3 Å². The summed E-state index contributed by atoms with van der Waals surface area (Å²) in [4.78, 5) is 11.8. The number of hydrogen-bond acceptors (Lipinski definition) is 1. The average Bonchev–Trinajstić information content (AvgIpc) is 2.84. The van der Waals surface area contributed by atoms with Crippen LogP contribution in [0.25, 0.3) is 0 Å². The summed E-state index contributed by atoms with van der Waals surface area (Å²) in [6.07, 6.45) is 15.5. The third-order valence-corrected chi connectivity index (χ3v) is 7.93. The molecule has 4 saturated carbocycles. The van der Waals surface area contributed by atoms with E-state index < -0.39 is 0 Å². The molecule has 0 aromatic carbocycles. The van der Waals surface area contributed by atoms with E-state index in [9.17, 15) is 4.79 Å². The number of Topliss-reactive ketones (excluding diaryl/α,β-unsaturated/α-hetero) is 1. The fourth-order valence-corrected chi connectivity index (χ4v) is 6.92. The van der Waals surface area contributed by atoms with Crippen LogP contribution in [0, 0.1) is 35.0 Å². The van der Waals surface area contributed by atoms with Gasteiger partial charge >= 0.3 is 0 Å². The molecule has 0 radical (unpaired) electrons. The number of allylic oxidation sites excluding steroid dienone is 3. The predicted octanol–water partition coefficient (Wildman–Crippen LogP) is 5.32. The SMILES string of the molecule is C=C/C=C1\CCC2C3CC[C@@H]4CC(=O)CC[C@@H]4C3CC[C@]12C. The predicted molar refractivity (Wildman–Crippen MR) is 90.4 cm³/mol. The first kappa shape index (κ1) is 14.7. The summed E-state index contributed by atoms with van der Waals surface area (Å²) in [6.45, 7) is 6.46. The highest BCUT2D eigenvalue weighted by Crippen LogP contribution is 2.63. The standard InChI is InChI=1S/C21H30O/c1-3-4-15-6-10-20-19-8-5-14-13-16(22)7-9-17(14)18(19)11-12-21(15,20)2/h3-4,14,17-20H,1,5-13H2,2H3/b15-4+/t14-,17+,18?,19?,20?,21-/m1/s1. The molecule has 1 nitrogen and oxygen atoms in total. The summed E-state index contributed by atoms with van der Waals surface area (Å²) in [7, 11) is 0. The Morgan fingerprint density at radius 3 is 2.73 bits per heavy atom. The van der Waals surface area contributed by atoms with E-state index in [1.54, 1.807) is 5.57 Å². The lowest BCUT2D eigenvalue weighted by Gasteiger charge is -2.54. The summed E-state index contributed by atoms with van der Waals surface area (Å²) in [5.74, 6) is 4.90. The first-order valence-electron chi connectivity index (χ1n) is 9.47. The molecular formula is C21H30O. The largest absolute Gasteiger partial charge is 0.300 e. The quantitative estimate of drug-likeness (QED) is 0.640. The van der Waals surface area contributed by atoms with E-state index in [4.69, 9.17) is 0 Å². The highest BCUT2D eigenvalue weighted by Gasteiger charge is 2.55. The van der Waals surface area contributed by atoms with Gasteiger partial charge in [-0.1, -0.05) is 31.2 Å². The highest BCUT2D eigenvalue weighted by atomic mass is 16.1. The zero-order valence-electron chi connectivity index (χ0n) is 14.0. The van der Waals surface area contributed by atoms with Gasteiger partial charge in [0.1, 0.15) is 5.78 Å². The average molecular weight is 298 g/mol. The number of carbonyl (C=O) groups excluding carboxylic acids is 1. The van der Waals surface area contributed by atoms with Crippen molar-refractivity contribution in [3.8, 4) is 0 Å². The Morgan fingerprint density at radius 2 is 1.91 bits per heavy atom. The maximum Gasteiger partial charge on any atom is 0.133 e. The van der Waals surface area contributed by atoms with E-state index in [1.807, 2.05) is 6.08 Å². The fourth-order valence-electron chi connectivity index (χ4n) is 6.92. The van der Waals surface area contributed by atoms with E-state index in [2.05, 4.69) is 19.6 Å². The molecule has 4 fully saturated rings. The third-order valence-electron chi connectivity index (χ3n) is 7.93. The Bertz CT molecular complexity index is 516. The van der Waals surface area contributed by atoms with Crippen LogP contribution in [0.2, 0.25) is 0 Å². The first-order chi connectivity index (χ1) is 10.6. The lowest BCUT2D eigenvalue weighted by molar-refractivity contribution is -0.126. The van der Waals surface area contributed by atoms with Crippen LogP contribution < -0.4 is 0 Å². The molecule has 4 rings (SSSR count). The van der Waals surface area contributed by atoms with Crippen molar-refractivity contribution in [2.45, 2.75) is 64.7 Å². The minimum Gasteiger partial charge on any atom is -0.300 e. The van der Waals surface area contributed by atoms with Crippen LogP contribution >= 0.6 is 0 Å². The molecule has 0 saturated heterocycles. The van der Waals surface area contributed by atoms with Crippen molar-refractivity contribution in [2.24, 2.45) is 35.0 Å². The molecule has 0 spiro atoms. The van der Waals surface area contributed by atoms with Gasteiger partial charge in [0.25, 0.3) is 0 Å². The summed E-state index contributed by atoms with van der Waals surface area (Å²) in [6, 6.07) is 0. The van der Waals surface area contributed by atoms with E-state index in [0.29, 0.717) is 11.2 Å². The van der Waals surface area contributed by atoms with Crippen LogP contribution in [0.5, 0.6) is 0 Å². The third kappa shape index (κ3) is 2.07. The topological polar surface area (TPSA) is 17.1 Å². The van der Waals surface area contributed by atoms with Gasteiger partial charge in [0.15, 0.2) is 0 Å². The molecule has 0 aliphatic heterocycles. The van der Waals surface area contributed by atoms with Crippen molar-refractivity contribution in [1.82, 2.24) is 0 Å². The minimum atomic E-state index is 0.451. The normalized spacial score (nSPS) is 49.4. The van der Waals surface area contributed by atoms with E-state index in [0.717, 1.165) is 42.4 Å². The molecule has 4 aliphatic rings. The Kier molecular flexibility index (Phi) is 3.58. The summed E-state index contributed by atoms with van der Waals surface area (Å²) >= 11 is 0. The Hall–Kier alpha value is -0.850. The monoisotopic (exact) mass is 298 g/mol. The van der Waals surface area contributed by atoms with E-state index in [1.165, 1.54) is 44.9 Å². The molecule has 1 heteroatoms. The van der Waals surface area contributed by atoms with Gasteiger partial charge < -0.3 is 0 Å². The molecular weight excluding hydrogens is 268 g/mol. The van der Waals surface area contributed by atoms with Gasteiger partial charge in [-0.15, -0.1) is 0 Å². The molecule has 0 amide bonds. The molecule has 3 unspecified atom stereocenters. The van der Waals surface area contributed by atoms with Crippen molar-refractivity contribution >= 4 is 5.78 Å². The molecule has 0 aromatic rings. The van der Waals surface area contributed by atoms with Crippen LogP contribution in [0.4, 0.5) is 0 Å². The number of rotatable bonds is 1. The van der Waals surface area contributed by atoms with Crippen molar-refractivity contribution in [1.29, 1.82) is 0 Å². The van der Waals surface area contributed by atoms with Gasteiger partial charge in [-0.2, -0.15) is 0 Å². The van der Waals surface area contributed by atoms with Crippen molar-refractivity contribution in [2.75, 3.05) is 0 Å². The fraction of sp³-hybridized carbons (Fsp3) is 0.762. The first-order valence-corrected chi connectivity index (χ1v) is 9.47. The van der Waals surface area contributed by atoms with Gasteiger partial charge in [0.05, 0.1) is 0 Å². The van der Waals surface area contributed by atoms with Gasteiger partial charge in [0.2, 0.25) is 0 Å². The zero-order valence-corrected chi connectivity index (χ0v) is 14.0. The number of ketones is 1. The Morgan fingerprint density at radius 1 is 1.05 bits per heavy atom. The zero-order chi connectivity index (χ0) is 15.3. The molecule has 0 aromatic heterocycles. The second-order valence-corrected chi connectivity index (χ2v) is 8.64. The second-order valence-electron chi connectivity index (χ2n) is 8.64. The summed E-state index contributed by atoms with van der Waals surface area (Å²) in [5.41, 5.74) is 2.12.